The molecule has 0 bridgehead atoms. The van der Waals surface area contributed by atoms with Crippen molar-refractivity contribution >= 4 is 0 Å². The fourth-order valence-electron chi connectivity index (χ4n) is 5.06. The van der Waals surface area contributed by atoms with Gasteiger partial charge in [0, 0.05) is 13.2 Å². The molecule has 0 spiro atoms. The number of hydrogen-bond donors (Lipinski definition) is 1. The molecule has 1 saturated heterocycles. The number of aliphatic hydroxyl groups is 1. The van der Waals surface area contributed by atoms with E-state index in [1.165, 1.54) is 25.7 Å². The first-order valence-corrected chi connectivity index (χ1v) is 7.64. The molecule has 2 fully saturated rings. The van der Waals surface area contributed by atoms with Crippen molar-refractivity contribution in [1.29, 1.82) is 0 Å². The third-order valence-electron chi connectivity index (χ3n) is 5.92. The summed E-state index contributed by atoms with van der Waals surface area (Å²) < 4.78 is 5.82. The Morgan fingerprint density at radius 3 is 2.50 bits per heavy atom. The van der Waals surface area contributed by atoms with Crippen molar-refractivity contribution in [1.82, 2.24) is 0 Å². The van der Waals surface area contributed by atoms with Gasteiger partial charge in [0.1, 0.15) is 0 Å². The first kappa shape index (κ1) is 14.3. The Labute approximate surface area is 112 Å². The van der Waals surface area contributed by atoms with Crippen LogP contribution in [-0.4, -0.2) is 24.4 Å². The molecule has 0 aromatic rings. The van der Waals surface area contributed by atoms with Crippen LogP contribution in [0.4, 0.5) is 0 Å². The van der Waals surface area contributed by atoms with Crippen LogP contribution in [0.1, 0.15) is 59.8 Å². The lowest BCUT2D eigenvalue weighted by Crippen LogP contribution is -2.48. The highest BCUT2D eigenvalue weighted by molar-refractivity contribution is 5.01. The smallest absolute Gasteiger partial charge is 0.0581 e. The van der Waals surface area contributed by atoms with Crippen LogP contribution in [0.5, 0.6) is 0 Å². The molecule has 2 unspecified atom stereocenters. The summed E-state index contributed by atoms with van der Waals surface area (Å²) in [5, 5.41) is 9.46. The summed E-state index contributed by atoms with van der Waals surface area (Å²) in [5.41, 5.74) is 0.707. The summed E-state index contributed by atoms with van der Waals surface area (Å²) in [5.74, 6) is 1.30. The topological polar surface area (TPSA) is 29.5 Å². The van der Waals surface area contributed by atoms with E-state index in [-0.39, 0.29) is 0 Å². The van der Waals surface area contributed by atoms with Crippen molar-refractivity contribution in [3.05, 3.63) is 0 Å². The molecule has 2 heteroatoms. The van der Waals surface area contributed by atoms with Crippen molar-refractivity contribution < 1.29 is 9.84 Å². The van der Waals surface area contributed by atoms with E-state index in [1.807, 2.05) is 0 Å². The van der Waals surface area contributed by atoms with Crippen molar-refractivity contribution in [2.45, 2.75) is 65.9 Å². The summed E-state index contributed by atoms with van der Waals surface area (Å²) >= 11 is 0. The standard InChI is InChI=1S/C16H30O2/c1-12-13(7-11-18-12)16(4)9-5-8-15(2,3)14(16)6-10-17/h12-14,17H,5-11H2,1-4H3/t12?,13?,14-,16+/m0/s1. The number of ether oxygens (including phenoxy) is 1. The molecule has 0 aromatic heterocycles. The molecule has 4 atom stereocenters. The van der Waals surface area contributed by atoms with Gasteiger partial charge in [-0.25, -0.2) is 0 Å². The molecule has 1 aliphatic carbocycles. The van der Waals surface area contributed by atoms with Gasteiger partial charge >= 0.3 is 0 Å². The van der Waals surface area contributed by atoms with Crippen LogP contribution in [0.25, 0.3) is 0 Å². The minimum atomic E-state index is 0.325. The molecule has 106 valence electrons. The van der Waals surface area contributed by atoms with Gasteiger partial charge in [0.2, 0.25) is 0 Å². The van der Waals surface area contributed by atoms with E-state index >= 15 is 0 Å². The van der Waals surface area contributed by atoms with Crippen molar-refractivity contribution in [2.75, 3.05) is 13.2 Å². The summed E-state index contributed by atoms with van der Waals surface area (Å²) in [6, 6.07) is 0. The Kier molecular flexibility index (Phi) is 4.08. The summed E-state index contributed by atoms with van der Waals surface area (Å²) in [7, 11) is 0. The molecule has 1 saturated carbocycles. The second-order valence-corrected chi connectivity index (χ2v) is 7.38. The maximum atomic E-state index is 9.46. The van der Waals surface area contributed by atoms with E-state index in [0.717, 1.165) is 13.0 Å². The van der Waals surface area contributed by atoms with E-state index in [2.05, 4.69) is 27.7 Å². The largest absolute Gasteiger partial charge is 0.396 e. The Hall–Kier alpha value is -0.0800. The number of aliphatic hydroxyl groups excluding tert-OH is 1. The van der Waals surface area contributed by atoms with Crippen LogP contribution in [0.15, 0.2) is 0 Å². The maximum absolute atomic E-state index is 9.46. The molecule has 0 amide bonds. The zero-order valence-electron chi connectivity index (χ0n) is 12.5. The van der Waals surface area contributed by atoms with E-state index in [0.29, 0.717) is 35.4 Å². The average molecular weight is 254 g/mol. The number of hydrogen-bond acceptors (Lipinski definition) is 2. The molecule has 2 rings (SSSR count). The van der Waals surface area contributed by atoms with Crippen LogP contribution in [0.2, 0.25) is 0 Å². The molecule has 1 N–H and O–H groups in total. The molecule has 0 radical (unpaired) electrons. The van der Waals surface area contributed by atoms with Crippen LogP contribution in [0.3, 0.4) is 0 Å². The van der Waals surface area contributed by atoms with Crippen molar-refractivity contribution in [3.8, 4) is 0 Å². The summed E-state index contributed by atoms with van der Waals surface area (Å²) in [6.07, 6.45) is 6.48. The minimum Gasteiger partial charge on any atom is -0.396 e. The van der Waals surface area contributed by atoms with E-state index in [9.17, 15) is 5.11 Å². The third-order valence-corrected chi connectivity index (χ3v) is 5.92. The van der Waals surface area contributed by atoms with Gasteiger partial charge in [-0.15, -0.1) is 0 Å². The first-order chi connectivity index (χ1) is 8.42. The second kappa shape index (κ2) is 5.13. The van der Waals surface area contributed by atoms with Gasteiger partial charge in [0.15, 0.2) is 0 Å². The van der Waals surface area contributed by atoms with Crippen LogP contribution in [0, 0.1) is 22.7 Å². The molecule has 18 heavy (non-hydrogen) atoms. The molecular weight excluding hydrogens is 224 g/mol. The van der Waals surface area contributed by atoms with Crippen molar-refractivity contribution in [2.24, 2.45) is 22.7 Å². The van der Waals surface area contributed by atoms with Gasteiger partial charge in [-0.3, -0.25) is 0 Å². The van der Waals surface area contributed by atoms with Gasteiger partial charge < -0.3 is 9.84 Å². The van der Waals surface area contributed by atoms with Crippen LogP contribution in [-0.2, 0) is 4.74 Å². The summed E-state index contributed by atoms with van der Waals surface area (Å²) in [6.45, 7) is 10.7. The Morgan fingerprint density at radius 2 is 1.94 bits per heavy atom. The highest BCUT2D eigenvalue weighted by Gasteiger charge is 2.52. The molecule has 1 aliphatic heterocycles. The predicted molar refractivity (Wildman–Crippen MR) is 74.5 cm³/mol. The highest BCUT2D eigenvalue weighted by Crippen LogP contribution is 2.58. The molecule has 0 aromatic carbocycles. The Balaban J connectivity index is 2.26. The van der Waals surface area contributed by atoms with Gasteiger partial charge in [-0.1, -0.05) is 27.2 Å². The monoisotopic (exact) mass is 254 g/mol. The Morgan fingerprint density at radius 1 is 1.22 bits per heavy atom. The molecule has 2 nitrogen and oxygen atoms in total. The second-order valence-electron chi connectivity index (χ2n) is 7.38. The molecule has 2 aliphatic rings. The van der Waals surface area contributed by atoms with E-state index < -0.39 is 0 Å². The van der Waals surface area contributed by atoms with Crippen molar-refractivity contribution in [3.63, 3.8) is 0 Å². The van der Waals surface area contributed by atoms with Gasteiger partial charge in [-0.05, 0) is 55.3 Å². The third kappa shape index (κ3) is 2.34. The van der Waals surface area contributed by atoms with Gasteiger partial charge in [0.05, 0.1) is 6.10 Å². The van der Waals surface area contributed by atoms with Crippen LogP contribution >= 0.6 is 0 Å². The van der Waals surface area contributed by atoms with Gasteiger partial charge in [-0.2, -0.15) is 0 Å². The summed E-state index contributed by atoms with van der Waals surface area (Å²) in [4.78, 5) is 0. The normalized spacial score (nSPS) is 44.2. The minimum absolute atomic E-state index is 0.325. The average Bonchev–Trinajstić information content (AvgIpc) is 2.70. The first-order valence-electron chi connectivity index (χ1n) is 7.64. The fraction of sp³-hybridized carbons (Fsp3) is 1.00. The lowest BCUT2D eigenvalue weighted by Gasteiger charge is -2.54. The zero-order chi connectivity index (χ0) is 13.4. The lowest BCUT2D eigenvalue weighted by molar-refractivity contribution is -0.0697. The van der Waals surface area contributed by atoms with E-state index in [4.69, 9.17) is 4.74 Å². The lowest BCUT2D eigenvalue weighted by atomic mass is 9.51. The zero-order valence-corrected chi connectivity index (χ0v) is 12.5. The molecular formula is C16H30O2. The molecule has 1 heterocycles. The number of rotatable bonds is 3. The maximum Gasteiger partial charge on any atom is 0.0581 e. The van der Waals surface area contributed by atoms with Crippen LogP contribution < -0.4 is 0 Å². The fourth-order valence-corrected chi connectivity index (χ4v) is 5.06. The highest BCUT2D eigenvalue weighted by atomic mass is 16.5. The predicted octanol–water partition coefficient (Wildman–Crippen LogP) is 3.63. The van der Waals surface area contributed by atoms with Gasteiger partial charge in [0.25, 0.3) is 0 Å². The SMILES string of the molecule is CC1OCCC1[C@@]1(C)CCCC(C)(C)[C@@H]1CCO. The quantitative estimate of drug-likeness (QED) is 0.833. The van der Waals surface area contributed by atoms with E-state index in [1.54, 1.807) is 0 Å². The Bertz CT molecular complexity index is 287.